The minimum atomic E-state index is -0.534. The summed E-state index contributed by atoms with van der Waals surface area (Å²) in [6.07, 6.45) is 3.29. The Hall–Kier alpha value is -3.00. The third-order valence-corrected chi connectivity index (χ3v) is 6.92. The summed E-state index contributed by atoms with van der Waals surface area (Å²) in [6.45, 7) is 17.3. The number of aromatic nitrogens is 2. The Balaban J connectivity index is 1.93. The Bertz CT molecular complexity index is 1110. The van der Waals surface area contributed by atoms with E-state index in [0.29, 0.717) is 18.2 Å². The number of carbonyl (C=O) groups excluding carboxylic acids is 2. The lowest BCUT2D eigenvalue weighted by molar-refractivity contribution is -0.121. The SMILES string of the molecule is [C-]#[N+]C1=C[C@@]2(C)c3nc(-c4ccc(C(C)C)cc4)n(C(C)=O)c3CC[C@@H]2[C@@H](C)C1=O. The van der Waals surface area contributed by atoms with Crippen LogP contribution in [0.4, 0.5) is 0 Å². The van der Waals surface area contributed by atoms with Gasteiger partial charge in [-0.25, -0.2) is 9.83 Å². The molecule has 1 heterocycles. The summed E-state index contributed by atoms with van der Waals surface area (Å²) in [5.41, 5.74) is 3.53. The largest absolute Gasteiger partial charge is 0.308 e. The number of fused-ring (bicyclic) bond motifs is 3. The summed E-state index contributed by atoms with van der Waals surface area (Å²) in [5.74, 6) is 0.780. The lowest BCUT2D eigenvalue weighted by atomic mass is 9.59. The highest BCUT2D eigenvalue weighted by Gasteiger charge is 2.50. The molecule has 0 aliphatic heterocycles. The number of nitrogens with zero attached hydrogens (tertiary/aromatic N) is 3. The van der Waals surface area contributed by atoms with Crippen LogP contribution in [0, 0.1) is 18.4 Å². The molecule has 2 aliphatic rings. The van der Waals surface area contributed by atoms with Gasteiger partial charge in [-0.2, -0.15) is 0 Å². The first-order valence-electron chi connectivity index (χ1n) is 10.6. The molecule has 1 aromatic heterocycles. The van der Waals surface area contributed by atoms with Crippen LogP contribution in [0.5, 0.6) is 0 Å². The molecular weight excluding hydrogens is 374 g/mol. The molecule has 0 unspecified atom stereocenters. The first-order chi connectivity index (χ1) is 14.2. The second-order valence-electron chi connectivity index (χ2n) is 9.08. The van der Waals surface area contributed by atoms with Crippen molar-refractivity contribution in [3.8, 4) is 11.4 Å². The van der Waals surface area contributed by atoms with Crippen LogP contribution in [0.1, 0.15) is 68.7 Å². The maximum absolute atomic E-state index is 12.7. The molecule has 5 nitrogen and oxygen atoms in total. The average molecular weight is 402 g/mol. The van der Waals surface area contributed by atoms with Crippen molar-refractivity contribution in [3.05, 3.63) is 64.4 Å². The lowest BCUT2D eigenvalue weighted by Crippen LogP contribution is -2.45. The number of hydrogen-bond acceptors (Lipinski definition) is 3. The van der Waals surface area contributed by atoms with Gasteiger partial charge in [0.05, 0.1) is 12.3 Å². The Kier molecular flexibility index (Phi) is 4.77. The van der Waals surface area contributed by atoms with Crippen LogP contribution in [-0.2, 0) is 16.6 Å². The summed E-state index contributed by atoms with van der Waals surface area (Å²) in [5, 5.41) is 0. The number of Topliss-reactive ketones (excluding diaryl/α,β-unsaturated/α-hetero) is 1. The fourth-order valence-corrected chi connectivity index (χ4v) is 5.24. The predicted octanol–water partition coefficient (Wildman–Crippen LogP) is 5.18. The third kappa shape index (κ3) is 2.86. The molecule has 0 N–H and O–H groups in total. The van der Waals surface area contributed by atoms with E-state index in [-0.39, 0.29) is 29.2 Å². The van der Waals surface area contributed by atoms with Crippen molar-refractivity contribution in [3.63, 3.8) is 0 Å². The van der Waals surface area contributed by atoms with Crippen molar-refractivity contribution in [2.45, 2.75) is 58.8 Å². The van der Waals surface area contributed by atoms with Crippen molar-refractivity contribution in [2.75, 3.05) is 0 Å². The fourth-order valence-electron chi connectivity index (χ4n) is 5.24. The van der Waals surface area contributed by atoms with Crippen LogP contribution >= 0.6 is 0 Å². The van der Waals surface area contributed by atoms with Gasteiger partial charge in [-0.3, -0.25) is 9.36 Å². The first-order valence-corrected chi connectivity index (χ1v) is 10.6. The molecule has 2 aromatic rings. The van der Waals surface area contributed by atoms with E-state index in [2.05, 4.69) is 37.7 Å². The highest BCUT2D eigenvalue weighted by molar-refractivity contribution is 6.00. The van der Waals surface area contributed by atoms with Crippen molar-refractivity contribution < 1.29 is 9.59 Å². The van der Waals surface area contributed by atoms with Crippen LogP contribution in [-0.4, -0.2) is 21.2 Å². The van der Waals surface area contributed by atoms with Gasteiger partial charge in [-0.1, -0.05) is 58.0 Å². The van der Waals surface area contributed by atoms with Crippen LogP contribution in [0.15, 0.2) is 36.0 Å². The van der Waals surface area contributed by atoms with E-state index in [1.54, 1.807) is 17.6 Å². The molecule has 0 radical (unpaired) electrons. The monoisotopic (exact) mass is 401 g/mol. The quantitative estimate of drug-likeness (QED) is 0.652. The summed E-state index contributed by atoms with van der Waals surface area (Å²) in [4.78, 5) is 33.7. The van der Waals surface area contributed by atoms with Gasteiger partial charge in [0.25, 0.3) is 0 Å². The molecule has 30 heavy (non-hydrogen) atoms. The third-order valence-electron chi connectivity index (χ3n) is 6.92. The van der Waals surface area contributed by atoms with E-state index >= 15 is 0 Å². The van der Waals surface area contributed by atoms with E-state index in [1.165, 1.54) is 5.56 Å². The maximum atomic E-state index is 12.7. The maximum Gasteiger partial charge on any atom is 0.229 e. The van der Waals surface area contributed by atoms with Crippen LogP contribution < -0.4 is 0 Å². The molecule has 3 atom stereocenters. The van der Waals surface area contributed by atoms with Crippen molar-refractivity contribution in [2.24, 2.45) is 11.8 Å². The van der Waals surface area contributed by atoms with Crippen molar-refractivity contribution in [1.29, 1.82) is 0 Å². The van der Waals surface area contributed by atoms with Gasteiger partial charge in [0.2, 0.25) is 11.6 Å². The van der Waals surface area contributed by atoms with Crippen LogP contribution in [0.25, 0.3) is 16.2 Å². The number of ketones is 1. The fraction of sp³-hybridized carbons (Fsp3) is 0.440. The number of hydrogen-bond donors (Lipinski definition) is 0. The van der Waals surface area contributed by atoms with Gasteiger partial charge in [0, 0.05) is 29.5 Å². The van der Waals surface area contributed by atoms with Gasteiger partial charge in [-0.15, -0.1) is 0 Å². The van der Waals surface area contributed by atoms with Crippen molar-refractivity contribution >= 4 is 11.7 Å². The smallest absolute Gasteiger partial charge is 0.229 e. The zero-order chi connectivity index (χ0) is 21.8. The van der Waals surface area contributed by atoms with E-state index in [9.17, 15) is 9.59 Å². The molecule has 4 rings (SSSR count). The second kappa shape index (κ2) is 7.05. The molecule has 0 fully saturated rings. The second-order valence-corrected chi connectivity index (χ2v) is 9.08. The Morgan fingerprint density at radius 1 is 1.30 bits per heavy atom. The standard InChI is InChI=1S/C25H27N3O2/c1-14(2)17-7-9-18(10-8-17)24-27-23-21(28(24)16(4)29)12-11-19-15(3)22(30)20(26-6)13-25(19,23)5/h7-10,13-15,19H,11-12H2,1-5H3/t15-,19-,25-/m1/s1. The molecule has 2 aliphatic carbocycles. The molecule has 154 valence electrons. The summed E-state index contributed by atoms with van der Waals surface area (Å²) in [6, 6.07) is 8.22. The minimum absolute atomic E-state index is 0.0666. The highest BCUT2D eigenvalue weighted by atomic mass is 16.2. The van der Waals surface area contributed by atoms with E-state index < -0.39 is 5.41 Å². The van der Waals surface area contributed by atoms with Gasteiger partial charge in [0.15, 0.2) is 5.78 Å². The number of carbonyl (C=O) groups is 2. The summed E-state index contributed by atoms with van der Waals surface area (Å²) in [7, 11) is 0. The molecule has 0 amide bonds. The first kappa shape index (κ1) is 20.3. The van der Waals surface area contributed by atoms with Gasteiger partial charge in [-0.05, 0) is 30.2 Å². The number of benzene rings is 1. The number of imidazole rings is 1. The predicted molar refractivity (Wildman–Crippen MR) is 116 cm³/mol. The minimum Gasteiger partial charge on any atom is -0.308 e. The van der Waals surface area contributed by atoms with E-state index in [4.69, 9.17) is 11.6 Å². The molecule has 0 saturated heterocycles. The molecule has 5 heteroatoms. The topological polar surface area (TPSA) is 56.3 Å². The summed E-state index contributed by atoms with van der Waals surface area (Å²) >= 11 is 0. The zero-order valence-corrected chi connectivity index (χ0v) is 18.2. The van der Waals surface area contributed by atoms with Crippen LogP contribution in [0.3, 0.4) is 0 Å². The zero-order valence-electron chi connectivity index (χ0n) is 18.2. The van der Waals surface area contributed by atoms with Gasteiger partial charge < -0.3 is 4.79 Å². The van der Waals surface area contributed by atoms with Crippen LogP contribution in [0.2, 0.25) is 0 Å². The number of rotatable bonds is 2. The molecule has 0 spiro atoms. The van der Waals surface area contributed by atoms with Gasteiger partial charge >= 0.3 is 0 Å². The number of allylic oxidation sites excluding steroid dienone is 2. The molecule has 0 bridgehead atoms. The average Bonchev–Trinajstić information content (AvgIpc) is 3.12. The molecule has 1 aromatic carbocycles. The highest BCUT2D eigenvalue weighted by Crippen LogP contribution is 2.50. The normalized spacial score (nSPS) is 25.4. The lowest BCUT2D eigenvalue weighted by Gasteiger charge is -2.44. The Labute approximate surface area is 177 Å². The van der Waals surface area contributed by atoms with Crippen molar-refractivity contribution in [1.82, 2.24) is 9.55 Å². The van der Waals surface area contributed by atoms with E-state index in [0.717, 1.165) is 23.4 Å². The Morgan fingerprint density at radius 3 is 2.53 bits per heavy atom. The molecular formula is C25H27N3O2. The van der Waals surface area contributed by atoms with E-state index in [1.807, 2.05) is 19.1 Å². The molecule has 0 saturated carbocycles. The Morgan fingerprint density at radius 2 is 1.97 bits per heavy atom. The van der Waals surface area contributed by atoms with Gasteiger partial charge in [0.1, 0.15) is 5.82 Å². The summed E-state index contributed by atoms with van der Waals surface area (Å²) < 4.78 is 1.73.